The molecule has 1 aliphatic carbocycles. The number of nitrogens with zero attached hydrogens (tertiary/aromatic N) is 1. The van der Waals surface area contributed by atoms with Crippen LogP contribution in [0.15, 0.2) is 59.0 Å². The molecule has 0 amide bonds. The fourth-order valence-corrected chi connectivity index (χ4v) is 3.79. The Bertz CT molecular complexity index is 1410. The van der Waals surface area contributed by atoms with Gasteiger partial charge in [0, 0.05) is 41.4 Å². The lowest BCUT2D eigenvalue weighted by molar-refractivity contribution is 0.0598. The zero-order valence-corrected chi connectivity index (χ0v) is 18.2. The lowest BCUT2D eigenvalue weighted by atomic mass is 9.89. The summed E-state index contributed by atoms with van der Waals surface area (Å²) in [4.78, 5) is 24.3. The van der Waals surface area contributed by atoms with Crippen LogP contribution in [0.25, 0.3) is 33.4 Å². The quantitative estimate of drug-likeness (QED) is 0.290. The first-order chi connectivity index (χ1) is 15.3. The molecule has 0 spiro atoms. The Morgan fingerprint density at radius 3 is 2.44 bits per heavy atom. The van der Waals surface area contributed by atoms with Crippen LogP contribution >= 0.6 is 0 Å². The maximum absolute atomic E-state index is 12.2. The number of carbonyl (C=O) groups excluding carboxylic acids is 1. The average molecular weight is 431 g/mol. The number of hydrogen-bond acceptors (Lipinski definition) is 5. The van der Waals surface area contributed by atoms with E-state index in [1.165, 1.54) is 19.2 Å². The number of nitrogens with one attached hydrogen (secondary N) is 1. The Kier molecular flexibility index (Phi) is 5.40. The molecule has 0 bridgehead atoms. The van der Waals surface area contributed by atoms with E-state index < -0.39 is 11.9 Å². The standard InChI is InChI=1S/C25H22N2O5/c1-26-15-6-9-18-21(12-15)32-22-13-16(27(2)3)7-10-19(22)23(18)20-11-14(25(30)31-4)5-8-17(20)24(28)29/h5-13H,1-4H3,(H,28,29)/p+1. The van der Waals surface area contributed by atoms with Gasteiger partial charge in [-0.1, -0.05) is 0 Å². The molecular weight excluding hydrogens is 408 g/mol. The maximum Gasteiger partial charge on any atom is 0.337 e. The van der Waals surface area contributed by atoms with Gasteiger partial charge in [0.15, 0.2) is 0 Å². The largest absolute Gasteiger partial charge is 0.478 e. The van der Waals surface area contributed by atoms with E-state index in [2.05, 4.69) is 5.32 Å². The van der Waals surface area contributed by atoms with Crippen LogP contribution in [0.4, 0.5) is 5.69 Å². The van der Waals surface area contributed by atoms with Crippen molar-refractivity contribution in [1.82, 2.24) is 4.58 Å². The number of fused-ring (bicyclic) bond motifs is 2. The van der Waals surface area contributed by atoms with Crippen molar-refractivity contribution in [3.8, 4) is 22.5 Å². The van der Waals surface area contributed by atoms with Crippen molar-refractivity contribution >= 4 is 28.6 Å². The molecule has 2 aromatic rings. The van der Waals surface area contributed by atoms with E-state index >= 15 is 0 Å². The van der Waals surface area contributed by atoms with Crippen molar-refractivity contribution < 1.29 is 23.8 Å². The third kappa shape index (κ3) is 3.58. The molecule has 0 radical (unpaired) electrons. The molecular formula is C25H23N2O5+. The molecule has 0 fully saturated rings. The minimum Gasteiger partial charge on any atom is -0.478 e. The minimum atomic E-state index is -1.09. The Labute approximate surface area is 184 Å². The molecule has 0 saturated carbocycles. The number of methoxy groups -OCH3 is 1. The van der Waals surface area contributed by atoms with Gasteiger partial charge < -0.3 is 19.6 Å². The van der Waals surface area contributed by atoms with Crippen molar-refractivity contribution in [3.05, 3.63) is 71.1 Å². The molecule has 7 heteroatoms. The first-order valence-electron chi connectivity index (χ1n) is 9.98. The fraction of sp³-hybridized carbons (Fsp3) is 0.160. The highest BCUT2D eigenvalue weighted by atomic mass is 16.5. The summed E-state index contributed by atoms with van der Waals surface area (Å²) in [5.41, 5.74) is 3.64. The molecule has 2 N–H and O–H groups in total. The molecule has 162 valence electrons. The molecule has 2 aliphatic rings. The van der Waals surface area contributed by atoms with Gasteiger partial charge >= 0.3 is 11.9 Å². The topological polar surface area (TPSA) is 91.8 Å². The van der Waals surface area contributed by atoms with Gasteiger partial charge in [-0.05, 0) is 42.0 Å². The van der Waals surface area contributed by atoms with Crippen LogP contribution < -0.4 is 15.2 Å². The summed E-state index contributed by atoms with van der Waals surface area (Å²) in [6.07, 6.45) is 0. The van der Waals surface area contributed by atoms with Crippen molar-refractivity contribution in [2.45, 2.75) is 0 Å². The molecule has 0 aromatic heterocycles. The van der Waals surface area contributed by atoms with Crippen molar-refractivity contribution in [2.24, 2.45) is 0 Å². The summed E-state index contributed by atoms with van der Waals surface area (Å²) >= 11 is 0. The third-order valence-corrected chi connectivity index (χ3v) is 5.45. The zero-order chi connectivity index (χ0) is 23.0. The Morgan fingerprint density at radius 2 is 1.78 bits per heavy atom. The van der Waals surface area contributed by atoms with E-state index in [4.69, 9.17) is 9.15 Å². The molecule has 1 heterocycles. The number of carboxylic acids is 1. The summed E-state index contributed by atoms with van der Waals surface area (Å²) in [7, 11) is 6.98. The third-order valence-electron chi connectivity index (χ3n) is 5.45. The van der Waals surface area contributed by atoms with Crippen LogP contribution in [0, 0.1) is 0 Å². The molecule has 7 nitrogen and oxygen atoms in total. The highest BCUT2D eigenvalue weighted by Crippen LogP contribution is 2.42. The normalized spacial score (nSPS) is 10.9. The number of rotatable bonds is 4. The van der Waals surface area contributed by atoms with E-state index in [9.17, 15) is 14.7 Å². The predicted molar refractivity (Wildman–Crippen MR) is 123 cm³/mol. The predicted octanol–water partition coefficient (Wildman–Crippen LogP) is 3.76. The van der Waals surface area contributed by atoms with Crippen molar-refractivity contribution in [1.29, 1.82) is 0 Å². The van der Waals surface area contributed by atoms with E-state index in [0.29, 0.717) is 22.5 Å². The van der Waals surface area contributed by atoms with Gasteiger partial charge in [-0.15, -0.1) is 0 Å². The number of carboxylic acid groups (broad SMARTS) is 1. The van der Waals surface area contributed by atoms with Crippen LogP contribution in [-0.2, 0) is 4.74 Å². The summed E-state index contributed by atoms with van der Waals surface area (Å²) < 4.78 is 13.1. The van der Waals surface area contributed by atoms with Crippen LogP contribution in [0.2, 0.25) is 0 Å². The highest BCUT2D eigenvalue weighted by molar-refractivity contribution is 6.09. The SMILES string of the molecule is CNc1ccc2c(-c3cc(C(=O)OC)ccc3C(=O)O)c3ccc(=[N+](C)C)cc-3oc2c1. The number of ether oxygens (including phenoxy) is 1. The monoisotopic (exact) mass is 431 g/mol. The van der Waals surface area contributed by atoms with Crippen molar-refractivity contribution in [3.63, 3.8) is 0 Å². The fourth-order valence-electron chi connectivity index (χ4n) is 3.79. The number of carbonyl (C=O) groups is 2. The summed E-state index contributed by atoms with van der Waals surface area (Å²) in [5, 5.41) is 14.7. The highest BCUT2D eigenvalue weighted by Gasteiger charge is 2.23. The Morgan fingerprint density at radius 1 is 1.00 bits per heavy atom. The maximum atomic E-state index is 12.2. The molecule has 2 aromatic carbocycles. The smallest absolute Gasteiger partial charge is 0.337 e. The molecule has 1 aliphatic heterocycles. The zero-order valence-electron chi connectivity index (χ0n) is 18.2. The molecule has 0 unspecified atom stereocenters. The van der Waals surface area contributed by atoms with E-state index in [1.54, 1.807) is 6.07 Å². The number of benzene rings is 3. The van der Waals surface area contributed by atoms with Crippen LogP contribution in [0.3, 0.4) is 0 Å². The lowest BCUT2D eigenvalue weighted by Gasteiger charge is -2.17. The van der Waals surface area contributed by atoms with Crippen LogP contribution in [-0.4, -0.2) is 45.3 Å². The van der Waals surface area contributed by atoms with Crippen LogP contribution in [0.5, 0.6) is 0 Å². The Hall–Kier alpha value is -4.13. The van der Waals surface area contributed by atoms with Crippen LogP contribution in [0.1, 0.15) is 20.7 Å². The lowest BCUT2D eigenvalue weighted by Crippen LogP contribution is -2.21. The second-order valence-corrected chi connectivity index (χ2v) is 7.57. The molecule has 32 heavy (non-hydrogen) atoms. The van der Waals surface area contributed by atoms with E-state index in [1.807, 2.05) is 62.1 Å². The second-order valence-electron chi connectivity index (χ2n) is 7.57. The van der Waals surface area contributed by atoms with Gasteiger partial charge in [-0.25, -0.2) is 14.2 Å². The average Bonchev–Trinajstić information content (AvgIpc) is 2.80. The molecule has 0 saturated heterocycles. The Balaban J connectivity index is 2.19. The first-order valence-corrected chi connectivity index (χ1v) is 9.98. The van der Waals surface area contributed by atoms with Gasteiger partial charge in [0.05, 0.1) is 24.3 Å². The van der Waals surface area contributed by atoms with Gasteiger partial charge in [0.1, 0.15) is 25.4 Å². The van der Waals surface area contributed by atoms with Gasteiger partial charge in [-0.3, -0.25) is 0 Å². The summed E-state index contributed by atoms with van der Waals surface area (Å²) in [6, 6.07) is 15.9. The first kappa shape index (κ1) is 21.1. The number of hydrogen-bond donors (Lipinski definition) is 2. The van der Waals surface area contributed by atoms with Gasteiger partial charge in [-0.2, -0.15) is 0 Å². The summed E-state index contributed by atoms with van der Waals surface area (Å²) in [5.74, 6) is -1.02. The van der Waals surface area contributed by atoms with Gasteiger partial charge in [0.25, 0.3) is 0 Å². The minimum absolute atomic E-state index is 0.0841. The van der Waals surface area contributed by atoms with Crippen molar-refractivity contribution in [2.75, 3.05) is 33.6 Å². The van der Waals surface area contributed by atoms with E-state index in [-0.39, 0.29) is 11.1 Å². The summed E-state index contributed by atoms with van der Waals surface area (Å²) in [6.45, 7) is 0. The number of esters is 1. The number of anilines is 1. The second kappa shape index (κ2) is 8.19. The molecule has 4 rings (SSSR count). The van der Waals surface area contributed by atoms with E-state index in [0.717, 1.165) is 22.0 Å². The van der Waals surface area contributed by atoms with Gasteiger partial charge in [0.2, 0.25) is 5.36 Å². The number of aromatic carboxylic acids is 1. The molecule has 0 atom stereocenters.